The summed E-state index contributed by atoms with van der Waals surface area (Å²) in [6, 6.07) is 2.90. The molecule has 0 saturated carbocycles. The van der Waals surface area contributed by atoms with Crippen LogP contribution in [0.1, 0.15) is 36.8 Å². The van der Waals surface area contributed by atoms with Crippen molar-refractivity contribution in [2.45, 2.75) is 38.4 Å². The van der Waals surface area contributed by atoms with Crippen molar-refractivity contribution in [3.05, 3.63) is 29.3 Å². The first-order valence-corrected chi connectivity index (χ1v) is 6.60. The van der Waals surface area contributed by atoms with Crippen LogP contribution in [0, 0.1) is 0 Å². The number of halogens is 3. The molecular weight excluding hydrogens is 285 g/mol. The van der Waals surface area contributed by atoms with Gasteiger partial charge in [0.25, 0.3) is 0 Å². The third-order valence-corrected chi connectivity index (χ3v) is 3.40. The summed E-state index contributed by atoms with van der Waals surface area (Å²) in [5, 5.41) is 0. The summed E-state index contributed by atoms with van der Waals surface area (Å²) in [5.41, 5.74) is 4.92. The van der Waals surface area contributed by atoms with Gasteiger partial charge < -0.3 is 5.73 Å². The van der Waals surface area contributed by atoms with Crippen LogP contribution in [-0.4, -0.2) is 11.8 Å². The maximum atomic E-state index is 12.7. The van der Waals surface area contributed by atoms with Crippen LogP contribution in [-0.2, 0) is 22.3 Å². The molecule has 0 unspecified atom stereocenters. The Balaban J connectivity index is 2.47. The molecule has 0 aliphatic carbocycles. The number of nitrogens with two attached hydrogens (primary N) is 1. The molecule has 2 N–H and O–H groups in total. The van der Waals surface area contributed by atoms with Crippen LogP contribution >= 0.6 is 0 Å². The largest absolute Gasteiger partial charge is 0.416 e. The number of hydrogen-bond acceptors (Lipinski definition) is 3. The molecule has 21 heavy (non-hydrogen) atoms. The van der Waals surface area contributed by atoms with Crippen molar-refractivity contribution in [2.75, 3.05) is 4.90 Å². The van der Waals surface area contributed by atoms with Gasteiger partial charge in [0, 0.05) is 19.4 Å². The number of anilines is 1. The van der Waals surface area contributed by atoms with Gasteiger partial charge in [0.05, 0.1) is 11.3 Å². The standard InChI is InChI=1S/C14H15F3N2O2/c15-14(16,17)10-5-6-11(9(7-10)8-18)19-12(20)3-1-2-4-13(19)21/h5-7H,1-4,8,18H2. The zero-order chi connectivity index (χ0) is 15.6. The summed E-state index contributed by atoms with van der Waals surface area (Å²) < 4.78 is 38.1. The highest BCUT2D eigenvalue weighted by Gasteiger charge is 2.33. The first-order chi connectivity index (χ1) is 9.84. The fraction of sp³-hybridized carbons (Fsp3) is 0.429. The van der Waals surface area contributed by atoms with Crippen LogP contribution in [0.5, 0.6) is 0 Å². The minimum Gasteiger partial charge on any atom is -0.326 e. The zero-order valence-corrected chi connectivity index (χ0v) is 11.2. The molecule has 0 aromatic heterocycles. The fourth-order valence-electron chi connectivity index (χ4n) is 2.33. The van der Waals surface area contributed by atoms with E-state index in [0.29, 0.717) is 12.8 Å². The lowest BCUT2D eigenvalue weighted by atomic mass is 10.1. The summed E-state index contributed by atoms with van der Waals surface area (Å²) in [4.78, 5) is 25.0. The van der Waals surface area contributed by atoms with Crippen LogP contribution in [0.3, 0.4) is 0 Å². The molecule has 2 amide bonds. The van der Waals surface area contributed by atoms with Crippen molar-refractivity contribution >= 4 is 17.5 Å². The van der Waals surface area contributed by atoms with E-state index in [0.717, 1.165) is 23.1 Å². The normalized spacial score (nSPS) is 17.0. The predicted octanol–water partition coefficient (Wildman–Crippen LogP) is 2.60. The van der Waals surface area contributed by atoms with Crippen LogP contribution in [0.2, 0.25) is 0 Å². The third-order valence-electron chi connectivity index (χ3n) is 3.40. The monoisotopic (exact) mass is 300 g/mol. The Morgan fingerprint density at radius 3 is 2.14 bits per heavy atom. The Bertz CT molecular complexity index is 552. The second-order valence-electron chi connectivity index (χ2n) is 4.88. The molecule has 1 aliphatic heterocycles. The molecule has 0 bridgehead atoms. The van der Waals surface area contributed by atoms with Gasteiger partial charge in [0.2, 0.25) is 11.8 Å². The average Bonchev–Trinajstić information content (AvgIpc) is 2.58. The second kappa shape index (κ2) is 5.85. The summed E-state index contributed by atoms with van der Waals surface area (Å²) in [7, 11) is 0. The van der Waals surface area contributed by atoms with E-state index in [-0.39, 0.29) is 30.6 Å². The molecule has 4 nitrogen and oxygen atoms in total. The number of carbonyl (C=O) groups is 2. The lowest BCUT2D eigenvalue weighted by Gasteiger charge is -2.22. The molecule has 0 spiro atoms. The topological polar surface area (TPSA) is 63.4 Å². The van der Waals surface area contributed by atoms with Gasteiger partial charge in [0.15, 0.2) is 0 Å². The van der Waals surface area contributed by atoms with Crippen LogP contribution in [0.4, 0.5) is 18.9 Å². The van der Waals surface area contributed by atoms with Gasteiger partial charge in [0.1, 0.15) is 0 Å². The Kier molecular flexibility index (Phi) is 4.32. The lowest BCUT2D eigenvalue weighted by Crippen LogP contribution is -2.36. The van der Waals surface area contributed by atoms with E-state index in [1.54, 1.807) is 0 Å². The van der Waals surface area contributed by atoms with E-state index in [2.05, 4.69) is 0 Å². The Hall–Kier alpha value is -1.89. The van der Waals surface area contributed by atoms with E-state index >= 15 is 0 Å². The van der Waals surface area contributed by atoms with Crippen molar-refractivity contribution in [1.29, 1.82) is 0 Å². The number of alkyl halides is 3. The Morgan fingerprint density at radius 1 is 1.10 bits per heavy atom. The number of rotatable bonds is 2. The number of hydrogen-bond donors (Lipinski definition) is 1. The lowest BCUT2D eigenvalue weighted by molar-refractivity contribution is -0.137. The van der Waals surface area contributed by atoms with E-state index in [1.165, 1.54) is 0 Å². The number of imide groups is 1. The summed E-state index contributed by atoms with van der Waals surface area (Å²) >= 11 is 0. The number of nitrogens with zero attached hydrogens (tertiary/aromatic N) is 1. The summed E-state index contributed by atoms with van der Waals surface area (Å²) in [6.07, 6.45) is -2.89. The highest BCUT2D eigenvalue weighted by molar-refractivity contribution is 6.15. The maximum absolute atomic E-state index is 12.7. The van der Waals surface area contributed by atoms with Crippen LogP contribution in [0.25, 0.3) is 0 Å². The second-order valence-corrected chi connectivity index (χ2v) is 4.88. The first kappa shape index (κ1) is 15.5. The summed E-state index contributed by atoms with van der Waals surface area (Å²) in [5.74, 6) is -0.793. The molecule has 1 aromatic rings. The maximum Gasteiger partial charge on any atom is 0.416 e. The molecule has 7 heteroatoms. The third kappa shape index (κ3) is 3.24. The average molecular weight is 300 g/mol. The SMILES string of the molecule is NCc1cc(C(F)(F)F)ccc1N1C(=O)CCCCC1=O. The van der Waals surface area contributed by atoms with E-state index < -0.39 is 23.6 Å². The molecule has 1 saturated heterocycles. The molecular formula is C14H15F3N2O2. The Labute approximate surface area is 119 Å². The van der Waals surface area contributed by atoms with Gasteiger partial charge in [-0.3, -0.25) is 14.5 Å². The number of benzene rings is 1. The summed E-state index contributed by atoms with van der Waals surface area (Å²) in [6.45, 7) is -0.184. The van der Waals surface area contributed by atoms with E-state index in [1.807, 2.05) is 0 Å². The minimum atomic E-state index is -4.49. The molecule has 1 fully saturated rings. The van der Waals surface area contributed by atoms with E-state index in [9.17, 15) is 22.8 Å². The Morgan fingerprint density at radius 2 is 1.67 bits per heavy atom. The van der Waals surface area contributed by atoms with E-state index in [4.69, 9.17) is 5.73 Å². The predicted molar refractivity (Wildman–Crippen MR) is 70.3 cm³/mol. The molecule has 114 valence electrons. The van der Waals surface area contributed by atoms with Crippen molar-refractivity contribution < 1.29 is 22.8 Å². The zero-order valence-electron chi connectivity index (χ0n) is 11.2. The molecule has 1 aromatic carbocycles. The van der Waals surface area contributed by atoms with Gasteiger partial charge in [-0.1, -0.05) is 0 Å². The number of carbonyl (C=O) groups excluding carboxylic acids is 2. The molecule has 0 atom stereocenters. The molecule has 2 rings (SSSR count). The van der Waals surface area contributed by atoms with Crippen molar-refractivity contribution in [2.24, 2.45) is 5.73 Å². The van der Waals surface area contributed by atoms with Crippen molar-refractivity contribution in [1.82, 2.24) is 0 Å². The van der Waals surface area contributed by atoms with Gasteiger partial charge in [-0.15, -0.1) is 0 Å². The molecule has 1 aliphatic rings. The van der Waals surface area contributed by atoms with Gasteiger partial charge in [-0.05, 0) is 36.6 Å². The van der Waals surface area contributed by atoms with Crippen LogP contribution < -0.4 is 10.6 Å². The van der Waals surface area contributed by atoms with Crippen molar-refractivity contribution in [3.63, 3.8) is 0 Å². The smallest absolute Gasteiger partial charge is 0.326 e. The first-order valence-electron chi connectivity index (χ1n) is 6.60. The van der Waals surface area contributed by atoms with Gasteiger partial charge in [-0.25, -0.2) is 0 Å². The highest BCUT2D eigenvalue weighted by Crippen LogP contribution is 2.33. The van der Waals surface area contributed by atoms with Crippen LogP contribution in [0.15, 0.2) is 18.2 Å². The molecule has 1 heterocycles. The van der Waals surface area contributed by atoms with Gasteiger partial charge in [-0.2, -0.15) is 13.2 Å². The molecule has 0 radical (unpaired) electrons. The fourth-order valence-corrected chi connectivity index (χ4v) is 2.33. The quantitative estimate of drug-likeness (QED) is 0.854. The van der Waals surface area contributed by atoms with Crippen molar-refractivity contribution in [3.8, 4) is 0 Å². The highest BCUT2D eigenvalue weighted by atomic mass is 19.4. The number of amides is 2. The van der Waals surface area contributed by atoms with Gasteiger partial charge >= 0.3 is 6.18 Å². The minimum absolute atomic E-state index is 0.133.